The number of carbonyl (C=O) groups is 2. The van der Waals surface area contributed by atoms with E-state index in [1.54, 1.807) is 6.07 Å². The molecule has 18 heavy (non-hydrogen) atoms. The van der Waals surface area contributed by atoms with Crippen LogP contribution in [0, 0.1) is 0 Å². The van der Waals surface area contributed by atoms with Crippen LogP contribution in [0.5, 0.6) is 0 Å². The summed E-state index contributed by atoms with van der Waals surface area (Å²) in [5.41, 5.74) is 0.789. The van der Waals surface area contributed by atoms with Crippen molar-refractivity contribution in [1.29, 1.82) is 0 Å². The predicted octanol–water partition coefficient (Wildman–Crippen LogP) is 1.23. The van der Waals surface area contributed by atoms with E-state index in [0.29, 0.717) is 0 Å². The summed E-state index contributed by atoms with van der Waals surface area (Å²) in [5, 5.41) is 11.2. The Bertz CT molecular complexity index is 424. The summed E-state index contributed by atoms with van der Waals surface area (Å²) in [7, 11) is 1.28. The molecule has 0 fully saturated rings. The Morgan fingerprint density at radius 2 is 2.17 bits per heavy atom. The van der Waals surface area contributed by atoms with Crippen molar-refractivity contribution in [1.82, 2.24) is 5.32 Å². The zero-order chi connectivity index (χ0) is 13.7. The van der Waals surface area contributed by atoms with Crippen LogP contribution in [-0.2, 0) is 9.53 Å². The maximum atomic E-state index is 11.8. The summed E-state index contributed by atoms with van der Waals surface area (Å²) in [5.74, 6) is -1.19. The maximum absolute atomic E-state index is 11.8. The topological polar surface area (TPSA) is 88.8 Å². The molecule has 0 saturated carbocycles. The molecular weight excluding hydrogens is 238 g/mol. The number of ether oxygens (including phenoxy) is 1. The Morgan fingerprint density at radius 1 is 1.50 bits per heavy atom. The quantitative estimate of drug-likeness (QED) is 0.798. The molecule has 0 aliphatic carbocycles. The fourth-order valence-corrected chi connectivity index (χ4v) is 1.50. The third-order valence-corrected chi connectivity index (χ3v) is 2.53. The van der Waals surface area contributed by atoms with E-state index in [1.807, 2.05) is 13.8 Å². The molecule has 1 heterocycles. The second-order valence-corrected chi connectivity index (χ2v) is 4.13. The average Bonchev–Trinajstić information content (AvgIpc) is 2.78. The molecule has 6 nitrogen and oxygen atoms in total. The first-order chi connectivity index (χ1) is 8.47. The van der Waals surface area contributed by atoms with E-state index in [4.69, 9.17) is 14.3 Å². The van der Waals surface area contributed by atoms with Crippen LogP contribution in [0.4, 0.5) is 0 Å². The smallest absolute Gasteiger partial charge is 0.334 e. The van der Waals surface area contributed by atoms with Gasteiger partial charge < -0.3 is 19.6 Å². The van der Waals surface area contributed by atoms with Gasteiger partial charge in [0.15, 0.2) is 11.9 Å². The summed E-state index contributed by atoms with van der Waals surface area (Å²) in [6.07, 6.45) is 0.376. The van der Waals surface area contributed by atoms with E-state index in [-0.39, 0.29) is 18.2 Å². The SMILES string of the molecule is COC(CNC(=O)c1occc1C(C)C)C(=O)O. The van der Waals surface area contributed by atoms with Gasteiger partial charge in [0.25, 0.3) is 5.91 Å². The number of hydrogen-bond acceptors (Lipinski definition) is 4. The third-order valence-electron chi connectivity index (χ3n) is 2.53. The van der Waals surface area contributed by atoms with Crippen LogP contribution < -0.4 is 5.32 Å². The molecule has 0 saturated heterocycles. The van der Waals surface area contributed by atoms with Gasteiger partial charge in [0.2, 0.25) is 0 Å². The van der Waals surface area contributed by atoms with E-state index in [0.717, 1.165) is 5.56 Å². The molecule has 1 rings (SSSR count). The highest BCUT2D eigenvalue weighted by Crippen LogP contribution is 2.20. The molecule has 1 amide bonds. The first kappa shape index (κ1) is 14.2. The monoisotopic (exact) mass is 255 g/mol. The second-order valence-electron chi connectivity index (χ2n) is 4.13. The van der Waals surface area contributed by atoms with Crippen molar-refractivity contribution >= 4 is 11.9 Å². The summed E-state index contributed by atoms with van der Waals surface area (Å²) < 4.78 is 9.83. The third kappa shape index (κ3) is 3.33. The minimum absolute atomic E-state index is 0.108. The van der Waals surface area contributed by atoms with Crippen LogP contribution in [0.25, 0.3) is 0 Å². The molecule has 0 spiro atoms. The number of hydrogen-bond donors (Lipinski definition) is 2. The first-order valence-corrected chi connectivity index (χ1v) is 5.58. The zero-order valence-electron chi connectivity index (χ0n) is 10.6. The van der Waals surface area contributed by atoms with Crippen molar-refractivity contribution in [2.45, 2.75) is 25.9 Å². The molecule has 1 aromatic heterocycles. The summed E-state index contributed by atoms with van der Waals surface area (Å²) in [4.78, 5) is 22.5. The number of nitrogens with one attached hydrogen (secondary N) is 1. The Labute approximate surface area is 105 Å². The number of rotatable bonds is 6. The number of amides is 1. The van der Waals surface area contributed by atoms with E-state index in [9.17, 15) is 9.59 Å². The van der Waals surface area contributed by atoms with Gasteiger partial charge in [0.1, 0.15) is 0 Å². The van der Waals surface area contributed by atoms with Crippen LogP contribution in [0.1, 0.15) is 35.9 Å². The van der Waals surface area contributed by atoms with Gasteiger partial charge >= 0.3 is 5.97 Å². The number of furan rings is 1. The minimum atomic E-state index is -1.12. The Hall–Kier alpha value is -1.82. The average molecular weight is 255 g/mol. The lowest BCUT2D eigenvalue weighted by molar-refractivity contribution is -0.148. The molecule has 6 heteroatoms. The van der Waals surface area contributed by atoms with Gasteiger partial charge in [-0.15, -0.1) is 0 Å². The lowest BCUT2D eigenvalue weighted by Gasteiger charge is -2.11. The van der Waals surface area contributed by atoms with Crippen molar-refractivity contribution in [3.8, 4) is 0 Å². The van der Waals surface area contributed by atoms with Crippen molar-refractivity contribution < 1.29 is 23.8 Å². The van der Waals surface area contributed by atoms with Crippen LogP contribution >= 0.6 is 0 Å². The largest absolute Gasteiger partial charge is 0.479 e. The lowest BCUT2D eigenvalue weighted by atomic mass is 10.0. The van der Waals surface area contributed by atoms with Crippen LogP contribution in [0.15, 0.2) is 16.7 Å². The van der Waals surface area contributed by atoms with Crippen LogP contribution in [-0.4, -0.2) is 36.7 Å². The minimum Gasteiger partial charge on any atom is -0.479 e. The first-order valence-electron chi connectivity index (χ1n) is 5.58. The van der Waals surface area contributed by atoms with Crippen molar-refractivity contribution in [3.63, 3.8) is 0 Å². The van der Waals surface area contributed by atoms with Gasteiger partial charge in [-0.05, 0) is 12.0 Å². The number of carboxylic acids is 1. The Balaban J connectivity index is 2.65. The van der Waals surface area contributed by atoms with Gasteiger partial charge in [0.05, 0.1) is 12.8 Å². The highest BCUT2D eigenvalue weighted by atomic mass is 16.5. The Morgan fingerprint density at radius 3 is 2.67 bits per heavy atom. The van der Waals surface area contributed by atoms with Crippen molar-refractivity contribution in [2.24, 2.45) is 0 Å². The number of aliphatic carboxylic acids is 1. The zero-order valence-corrected chi connectivity index (χ0v) is 10.6. The standard InChI is InChI=1S/C12H17NO5/c1-7(2)8-4-5-18-10(8)11(14)13-6-9(17-3)12(15)16/h4-5,7,9H,6H2,1-3H3,(H,13,14)(H,15,16). The predicted molar refractivity (Wildman–Crippen MR) is 63.6 cm³/mol. The summed E-state index contributed by atoms with van der Waals surface area (Å²) in [6, 6.07) is 1.73. The summed E-state index contributed by atoms with van der Waals surface area (Å²) in [6.45, 7) is 3.77. The molecule has 0 bridgehead atoms. The van der Waals surface area contributed by atoms with Gasteiger partial charge in [0, 0.05) is 12.7 Å². The van der Waals surface area contributed by atoms with E-state index in [2.05, 4.69) is 5.32 Å². The molecule has 1 atom stereocenters. The molecule has 0 radical (unpaired) electrons. The van der Waals surface area contributed by atoms with Crippen molar-refractivity contribution in [2.75, 3.05) is 13.7 Å². The summed E-state index contributed by atoms with van der Waals surface area (Å²) >= 11 is 0. The number of carbonyl (C=O) groups excluding carboxylic acids is 1. The van der Waals surface area contributed by atoms with Gasteiger partial charge in [-0.3, -0.25) is 4.79 Å². The Kier molecular flexibility index (Phi) is 4.91. The molecule has 1 aromatic rings. The fraction of sp³-hybridized carbons (Fsp3) is 0.500. The van der Waals surface area contributed by atoms with E-state index >= 15 is 0 Å². The molecular formula is C12H17NO5. The van der Waals surface area contributed by atoms with E-state index in [1.165, 1.54) is 13.4 Å². The van der Waals surface area contributed by atoms with Gasteiger partial charge in [-0.1, -0.05) is 13.8 Å². The molecule has 0 aromatic carbocycles. The normalized spacial score (nSPS) is 12.4. The fourth-order valence-electron chi connectivity index (χ4n) is 1.50. The lowest BCUT2D eigenvalue weighted by Crippen LogP contribution is -2.38. The molecule has 100 valence electrons. The number of carboxylic acid groups (broad SMARTS) is 1. The molecule has 0 aliphatic rings. The van der Waals surface area contributed by atoms with Crippen molar-refractivity contribution in [3.05, 3.63) is 23.7 Å². The van der Waals surface area contributed by atoms with Crippen LogP contribution in [0.2, 0.25) is 0 Å². The second kappa shape index (κ2) is 6.20. The van der Waals surface area contributed by atoms with E-state index < -0.39 is 18.0 Å². The number of methoxy groups -OCH3 is 1. The van der Waals surface area contributed by atoms with Crippen LogP contribution in [0.3, 0.4) is 0 Å². The highest BCUT2D eigenvalue weighted by molar-refractivity contribution is 5.93. The molecule has 2 N–H and O–H groups in total. The highest BCUT2D eigenvalue weighted by Gasteiger charge is 2.21. The molecule has 0 aliphatic heterocycles. The molecule has 1 unspecified atom stereocenters. The van der Waals surface area contributed by atoms with Gasteiger partial charge in [-0.2, -0.15) is 0 Å². The maximum Gasteiger partial charge on any atom is 0.334 e. The van der Waals surface area contributed by atoms with Gasteiger partial charge in [-0.25, -0.2) is 4.79 Å².